The normalized spacial score (nSPS) is 11.3. The van der Waals surface area contributed by atoms with Crippen molar-refractivity contribution >= 4 is 5.91 Å². The maximum absolute atomic E-state index is 12.2. The van der Waals surface area contributed by atoms with Crippen molar-refractivity contribution in [3.63, 3.8) is 0 Å². The number of ether oxygens (including phenoxy) is 1. The van der Waals surface area contributed by atoms with Crippen molar-refractivity contribution in [2.24, 2.45) is 0 Å². The molecule has 0 saturated carbocycles. The number of carbonyl (C=O) groups excluding carboxylic acids is 1. The highest BCUT2D eigenvalue weighted by Crippen LogP contribution is 2.26. The highest BCUT2D eigenvalue weighted by Gasteiger charge is 2.09. The van der Waals surface area contributed by atoms with Crippen LogP contribution in [0.2, 0.25) is 0 Å². The second kappa shape index (κ2) is 10.7. The van der Waals surface area contributed by atoms with Crippen molar-refractivity contribution in [3.05, 3.63) is 35.4 Å². The lowest BCUT2D eigenvalue weighted by molar-refractivity contribution is -0.117. The van der Waals surface area contributed by atoms with Crippen LogP contribution in [0.4, 0.5) is 0 Å². The van der Waals surface area contributed by atoms with E-state index in [-0.39, 0.29) is 11.7 Å². The average molecular weight is 319 g/mol. The van der Waals surface area contributed by atoms with Gasteiger partial charge >= 0.3 is 0 Å². The van der Waals surface area contributed by atoms with Gasteiger partial charge in [0.15, 0.2) is 11.5 Å². The maximum atomic E-state index is 12.2. The second-order valence-electron chi connectivity index (χ2n) is 5.67. The largest absolute Gasteiger partial charge is 0.504 e. The highest BCUT2D eigenvalue weighted by molar-refractivity contribution is 5.93. The first-order valence-electron chi connectivity index (χ1n) is 8.41. The second-order valence-corrected chi connectivity index (χ2v) is 5.67. The molecule has 0 atom stereocenters. The Morgan fingerprint density at radius 2 is 2.00 bits per heavy atom. The molecule has 0 aliphatic rings. The molecule has 1 rings (SSSR count). The van der Waals surface area contributed by atoms with Crippen LogP contribution in [0.5, 0.6) is 11.5 Å². The summed E-state index contributed by atoms with van der Waals surface area (Å²) in [6, 6.07) is 5.08. The number of carbonyl (C=O) groups is 1. The van der Waals surface area contributed by atoms with Gasteiger partial charge in [-0.2, -0.15) is 0 Å². The Morgan fingerprint density at radius 1 is 1.26 bits per heavy atom. The molecule has 4 nitrogen and oxygen atoms in total. The molecule has 0 unspecified atom stereocenters. The molecule has 1 aromatic carbocycles. The number of hydrogen-bond donors (Lipinski definition) is 2. The Kier molecular flexibility index (Phi) is 8.88. The molecule has 1 amide bonds. The number of benzene rings is 1. The number of rotatable bonds is 10. The van der Waals surface area contributed by atoms with E-state index in [1.165, 1.54) is 32.8 Å². The molecule has 0 aliphatic heterocycles. The van der Waals surface area contributed by atoms with Gasteiger partial charge < -0.3 is 15.2 Å². The molecule has 128 valence electrons. The minimum absolute atomic E-state index is 0.0185. The first kappa shape index (κ1) is 19.1. The van der Waals surface area contributed by atoms with E-state index >= 15 is 0 Å². The summed E-state index contributed by atoms with van der Waals surface area (Å²) >= 11 is 0. The smallest absolute Gasteiger partial charge is 0.247 e. The number of aromatic hydroxyl groups is 1. The lowest BCUT2D eigenvalue weighted by Crippen LogP contribution is -2.24. The van der Waals surface area contributed by atoms with Crippen molar-refractivity contribution in [1.82, 2.24) is 5.32 Å². The number of allylic oxidation sites excluding steroid dienone is 1. The molecular weight excluding hydrogens is 290 g/mol. The molecule has 0 fully saturated rings. The number of phenols is 1. The first-order chi connectivity index (χ1) is 11.1. The SMILES string of the molecule is CC=C(CCCCCCC)C(=O)NCc1ccc(O)c(OC)c1. The molecule has 0 heterocycles. The van der Waals surface area contributed by atoms with Crippen LogP contribution >= 0.6 is 0 Å². The van der Waals surface area contributed by atoms with Crippen LogP contribution in [-0.4, -0.2) is 18.1 Å². The van der Waals surface area contributed by atoms with Crippen LogP contribution in [0, 0.1) is 0 Å². The molecule has 2 N–H and O–H groups in total. The lowest BCUT2D eigenvalue weighted by atomic mass is 10.0. The number of amides is 1. The van der Waals surface area contributed by atoms with Gasteiger partial charge in [-0.15, -0.1) is 0 Å². The third kappa shape index (κ3) is 6.76. The predicted molar refractivity (Wildman–Crippen MR) is 93.6 cm³/mol. The fourth-order valence-electron chi connectivity index (χ4n) is 2.44. The maximum Gasteiger partial charge on any atom is 0.247 e. The van der Waals surface area contributed by atoms with Crippen molar-refractivity contribution in [2.75, 3.05) is 7.11 Å². The van der Waals surface area contributed by atoms with Crippen LogP contribution in [0.25, 0.3) is 0 Å². The molecule has 0 radical (unpaired) electrons. The third-order valence-corrected chi connectivity index (χ3v) is 3.89. The summed E-state index contributed by atoms with van der Waals surface area (Å²) in [6.45, 7) is 4.52. The van der Waals surface area contributed by atoms with E-state index in [0.29, 0.717) is 12.3 Å². The van der Waals surface area contributed by atoms with E-state index in [1.54, 1.807) is 18.2 Å². The number of phenolic OH excluding ortho intramolecular Hbond substituents is 1. The van der Waals surface area contributed by atoms with Crippen LogP contribution in [0.15, 0.2) is 29.8 Å². The Hall–Kier alpha value is -1.97. The van der Waals surface area contributed by atoms with Crippen LogP contribution in [0.3, 0.4) is 0 Å². The van der Waals surface area contributed by atoms with Crippen molar-refractivity contribution in [3.8, 4) is 11.5 Å². The minimum atomic E-state index is -0.0185. The monoisotopic (exact) mass is 319 g/mol. The summed E-state index contributed by atoms with van der Waals surface area (Å²) in [5.74, 6) is 0.498. The topological polar surface area (TPSA) is 58.6 Å². The molecule has 0 aromatic heterocycles. The van der Waals surface area contributed by atoms with E-state index < -0.39 is 0 Å². The molecule has 1 aromatic rings. The summed E-state index contributed by atoms with van der Waals surface area (Å²) in [4.78, 5) is 12.2. The van der Waals surface area contributed by atoms with Gasteiger partial charge in [-0.3, -0.25) is 4.79 Å². The zero-order valence-electron chi connectivity index (χ0n) is 14.5. The van der Waals surface area contributed by atoms with Gasteiger partial charge in [0.25, 0.3) is 0 Å². The molecular formula is C19H29NO3. The summed E-state index contributed by atoms with van der Waals surface area (Å²) in [6.07, 6.45) is 8.68. The van der Waals surface area contributed by atoms with Crippen molar-refractivity contribution in [2.45, 2.75) is 58.9 Å². The van der Waals surface area contributed by atoms with Gasteiger partial charge in [0, 0.05) is 12.1 Å². The van der Waals surface area contributed by atoms with Crippen LogP contribution in [0.1, 0.15) is 57.9 Å². The number of methoxy groups -OCH3 is 1. The van der Waals surface area contributed by atoms with Crippen LogP contribution in [-0.2, 0) is 11.3 Å². The van der Waals surface area contributed by atoms with E-state index in [2.05, 4.69) is 12.2 Å². The van der Waals surface area contributed by atoms with Gasteiger partial charge in [-0.1, -0.05) is 44.7 Å². The van der Waals surface area contributed by atoms with E-state index in [4.69, 9.17) is 4.74 Å². The van der Waals surface area contributed by atoms with E-state index in [9.17, 15) is 9.90 Å². The van der Waals surface area contributed by atoms with Gasteiger partial charge in [-0.25, -0.2) is 0 Å². The zero-order valence-corrected chi connectivity index (χ0v) is 14.5. The molecule has 0 bridgehead atoms. The van der Waals surface area contributed by atoms with E-state index in [1.807, 2.05) is 13.0 Å². The minimum Gasteiger partial charge on any atom is -0.504 e. The molecule has 4 heteroatoms. The van der Waals surface area contributed by atoms with Crippen molar-refractivity contribution < 1.29 is 14.6 Å². The fourth-order valence-corrected chi connectivity index (χ4v) is 2.44. The summed E-state index contributed by atoms with van der Waals surface area (Å²) in [5.41, 5.74) is 1.73. The summed E-state index contributed by atoms with van der Waals surface area (Å²) < 4.78 is 5.07. The standard InChI is InChI=1S/C19H29NO3/c1-4-6-7-8-9-10-16(5-2)19(22)20-14-15-11-12-17(21)18(13-15)23-3/h5,11-13,21H,4,6-10,14H2,1-3H3,(H,20,22). The lowest BCUT2D eigenvalue weighted by Gasteiger charge is -2.10. The third-order valence-electron chi connectivity index (χ3n) is 3.89. The van der Waals surface area contributed by atoms with E-state index in [0.717, 1.165) is 24.0 Å². The van der Waals surface area contributed by atoms with Gasteiger partial charge in [-0.05, 0) is 37.5 Å². The molecule has 0 aliphatic carbocycles. The molecule has 23 heavy (non-hydrogen) atoms. The highest BCUT2D eigenvalue weighted by atomic mass is 16.5. The van der Waals surface area contributed by atoms with Crippen molar-refractivity contribution in [1.29, 1.82) is 0 Å². The molecule has 0 saturated heterocycles. The number of hydrogen-bond acceptors (Lipinski definition) is 3. The summed E-state index contributed by atoms with van der Waals surface area (Å²) in [7, 11) is 1.51. The number of unbranched alkanes of at least 4 members (excludes halogenated alkanes) is 4. The number of nitrogens with one attached hydrogen (secondary N) is 1. The zero-order chi connectivity index (χ0) is 17.1. The first-order valence-corrected chi connectivity index (χ1v) is 8.41. The average Bonchev–Trinajstić information content (AvgIpc) is 2.57. The predicted octanol–water partition coefficient (Wildman–Crippen LogP) is 4.32. The van der Waals surface area contributed by atoms with Gasteiger partial charge in [0.2, 0.25) is 5.91 Å². The summed E-state index contributed by atoms with van der Waals surface area (Å²) in [5, 5.41) is 12.5. The molecule has 0 spiro atoms. The Balaban J connectivity index is 2.44. The Morgan fingerprint density at radius 3 is 2.65 bits per heavy atom. The fraction of sp³-hybridized carbons (Fsp3) is 0.526. The van der Waals surface area contributed by atoms with Gasteiger partial charge in [0.05, 0.1) is 7.11 Å². The van der Waals surface area contributed by atoms with Crippen LogP contribution < -0.4 is 10.1 Å². The Labute approximate surface area is 139 Å². The van der Waals surface area contributed by atoms with Gasteiger partial charge in [0.1, 0.15) is 0 Å². The Bertz CT molecular complexity index is 523. The quantitative estimate of drug-likeness (QED) is 0.498.